The Balaban J connectivity index is 1.84. The zero-order valence-electron chi connectivity index (χ0n) is 13.6. The lowest BCUT2D eigenvalue weighted by molar-refractivity contribution is -0.121. The van der Waals surface area contributed by atoms with Crippen molar-refractivity contribution in [2.45, 2.75) is 49.6 Å². The molecule has 3 rings (SSSR count). The van der Waals surface area contributed by atoms with E-state index < -0.39 is 10.0 Å². The summed E-state index contributed by atoms with van der Waals surface area (Å²) in [6.07, 6.45) is 2.10. The molecule has 1 aromatic rings. The van der Waals surface area contributed by atoms with Crippen LogP contribution in [0.1, 0.15) is 32.6 Å². The first-order chi connectivity index (χ1) is 11.4. The van der Waals surface area contributed by atoms with Gasteiger partial charge in [0.2, 0.25) is 10.0 Å². The fourth-order valence-electron chi connectivity index (χ4n) is 3.18. The van der Waals surface area contributed by atoms with Crippen LogP contribution in [-0.2, 0) is 14.8 Å². The Kier molecular flexibility index (Phi) is 4.80. The Hall–Kier alpha value is -1.64. The number of sulfonamides is 1. The van der Waals surface area contributed by atoms with Crippen molar-refractivity contribution in [1.29, 1.82) is 0 Å². The van der Waals surface area contributed by atoms with E-state index in [0.717, 1.165) is 0 Å². The smallest absolute Gasteiger partial charge is 0.265 e. The molecule has 1 heterocycles. The second-order valence-electron chi connectivity index (χ2n) is 6.18. The molecular formula is C16H22N2O5S. The molecule has 0 spiro atoms. The van der Waals surface area contributed by atoms with Gasteiger partial charge in [-0.25, -0.2) is 13.1 Å². The summed E-state index contributed by atoms with van der Waals surface area (Å²) in [7, 11) is -3.69. The number of anilines is 1. The highest BCUT2D eigenvalue weighted by Gasteiger charge is 2.28. The molecule has 0 aromatic heterocycles. The fraction of sp³-hybridized carbons (Fsp3) is 0.562. The van der Waals surface area contributed by atoms with Crippen LogP contribution in [0.15, 0.2) is 23.1 Å². The van der Waals surface area contributed by atoms with Gasteiger partial charge in [-0.15, -0.1) is 0 Å². The second kappa shape index (κ2) is 6.70. The predicted molar refractivity (Wildman–Crippen MR) is 88.5 cm³/mol. The Morgan fingerprint density at radius 3 is 2.67 bits per heavy atom. The number of rotatable bonds is 4. The number of fused-ring (bicyclic) bond motifs is 1. The van der Waals surface area contributed by atoms with Crippen molar-refractivity contribution in [3.05, 3.63) is 18.2 Å². The predicted octanol–water partition coefficient (Wildman–Crippen LogP) is 1.01. The van der Waals surface area contributed by atoms with E-state index in [-0.39, 0.29) is 29.6 Å². The van der Waals surface area contributed by atoms with Crippen molar-refractivity contribution in [3.63, 3.8) is 0 Å². The third kappa shape index (κ3) is 3.40. The van der Waals surface area contributed by atoms with E-state index in [1.165, 1.54) is 17.0 Å². The van der Waals surface area contributed by atoms with Crippen LogP contribution in [-0.4, -0.2) is 44.7 Å². The number of nitrogens with one attached hydrogen (secondary N) is 1. The number of hydrogen-bond acceptors (Lipinski definition) is 5. The molecule has 1 aliphatic heterocycles. The van der Waals surface area contributed by atoms with Gasteiger partial charge in [-0.05, 0) is 50.8 Å². The van der Waals surface area contributed by atoms with Crippen molar-refractivity contribution in [2.75, 3.05) is 18.1 Å². The third-order valence-corrected chi connectivity index (χ3v) is 6.04. The molecule has 0 saturated heterocycles. The van der Waals surface area contributed by atoms with Gasteiger partial charge in [0.1, 0.15) is 5.75 Å². The molecule has 1 amide bonds. The van der Waals surface area contributed by atoms with Crippen LogP contribution in [0, 0.1) is 0 Å². The molecule has 7 nitrogen and oxygen atoms in total. The number of nitrogens with zero attached hydrogens (tertiary/aromatic N) is 1. The number of hydrogen-bond donors (Lipinski definition) is 2. The van der Waals surface area contributed by atoms with E-state index >= 15 is 0 Å². The maximum Gasteiger partial charge on any atom is 0.265 e. The first-order valence-corrected chi connectivity index (χ1v) is 9.66. The molecule has 1 saturated carbocycles. The highest BCUT2D eigenvalue weighted by atomic mass is 32.2. The SMILES string of the molecule is CCN1C(=O)COc2ccc(S(=O)(=O)NC3CCC(O)CC3)cc21. The molecular weight excluding hydrogens is 332 g/mol. The largest absolute Gasteiger partial charge is 0.482 e. The van der Waals surface area contributed by atoms with Gasteiger partial charge in [0.25, 0.3) is 5.91 Å². The summed E-state index contributed by atoms with van der Waals surface area (Å²) in [5.74, 6) is 0.324. The van der Waals surface area contributed by atoms with Gasteiger partial charge in [-0.2, -0.15) is 0 Å². The molecule has 2 aliphatic rings. The first kappa shape index (κ1) is 17.2. The number of carbonyl (C=O) groups is 1. The molecule has 1 aliphatic carbocycles. The summed E-state index contributed by atoms with van der Waals surface area (Å²) < 4.78 is 33.3. The van der Waals surface area contributed by atoms with E-state index in [1.807, 2.05) is 6.92 Å². The minimum Gasteiger partial charge on any atom is -0.482 e. The molecule has 2 N–H and O–H groups in total. The number of carbonyl (C=O) groups excluding carboxylic acids is 1. The average molecular weight is 354 g/mol. The molecule has 8 heteroatoms. The van der Waals surface area contributed by atoms with Crippen LogP contribution in [0.25, 0.3) is 0 Å². The highest BCUT2D eigenvalue weighted by molar-refractivity contribution is 7.89. The molecule has 24 heavy (non-hydrogen) atoms. The molecule has 132 valence electrons. The Morgan fingerprint density at radius 2 is 2.00 bits per heavy atom. The summed E-state index contributed by atoms with van der Waals surface area (Å²) in [6, 6.07) is 4.39. The van der Waals surface area contributed by atoms with Crippen molar-refractivity contribution in [1.82, 2.24) is 4.72 Å². The number of ether oxygens (including phenoxy) is 1. The van der Waals surface area contributed by atoms with Crippen molar-refractivity contribution >= 4 is 21.6 Å². The van der Waals surface area contributed by atoms with Crippen LogP contribution in [0.2, 0.25) is 0 Å². The second-order valence-corrected chi connectivity index (χ2v) is 7.90. The minimum absolute atomic E-state index is 0.0322. The zero-order chi connectivity index (χ0) is 17.3. The van der Waals surface area contributed by atoms with E-state index in [0.29, 0.717) is 43.7 Å². The normalized spacial score (nSPS) is 24.4. The topological polar surface area (TPSA) is 95.9 Å². The number of benzene rings is 1. The maximum atomic E-state index is 12.6. The van der Waals surface area contributed by atoms with E-state index in [1.54, 1.807) is 6.07 Å². The molecule has 0 atom stereocenters. The summed E-state index contributed by atoms with van der Waals surface area (Å²) in [4.78, 5) is 13.5. The molecule has 0 bridgehead atoms. The minimum atomic E-state index is -3.69. The van der Waals surface area contributed by atoms with Gasteiger partial charge in [0.05, 0.1) is 16.7 Å². The lowest BCUT2D eigenvalue weighted by Gasteiger charge is -2.29. The zero-order valence-corrected chi connectivity index (χ0v) is 14.4. The highest BCUT2D eigenvalue weighted by Crippen LogP contribution is 2.34. The van der Waals surface area contributed by atoms with Gasteiger partial charge in [0, 0.05) is 12.6 Å². The third-order valence-electron chi connectivity index (χ3n) is 4.52. The van der Waals surface area contributed by atoms with Crippen molar-refractivity contribution < 1.29 is 23.1 Å². The van der Waals surface area contributed by atoms with Crippen LogP contribution in [0.4, 0.5) is 5.69 Å². The monoisotopic (exact) mass is 354 g/mol. The quantitative estimate of drug-likeness (QED) is 0.841. The number of aliphatic hydroxyl groups excluding tert-OH is 1. The molecule has 1 aromatic carbocycles. The summed E-state index contributed by atoms with van der Waals surface area (Å²) in [5, 5.41) is 9.53. The Bertz CT molecular complexity index is 726. The Morgan fingerprint density at radius 1 is 1.29 bits per heavy atom. The Labute approximate surface area is 141 Å². The van der Waals surface area contributed by atoms with Crippen molar-refractivity contribution in [3.8, 4) is 5.75 Å². The van der Waals surface area contributed by atoms with Crippen LogP contribution in [0.3, 0.4) is 0 Å². The fourth-order valence-corrected chi connectivity index (χ4v) is 4.50. The average Bonchev–Trinajstić information content (AvgIpc) is 2.56. The molecule has 1 fully saturated rings. The summed E-state index contributed by atoms with van der Waals surface area (Å²) >= 11 is 0. The first-order valence-electron chi connectivity index (χ1n) is 8.18. The van der Waals surface area contributed by atoms with E-state index in [9.17, 15) is 18.3 Å². The van der Waals surface area contributed by atoms with Crippen LogP contribution in [0.5, 0.6) is 5.75 Å². The lowest BCUT2D eigenvalue weighted by Crippen LogP contribution is -2.40. The van der Waals surface area contributed by atoms with Crippen LogP contribution < -0.4 is 14.4 Å². The molecule has 0 unspecified atom stereocenters. The van der Waals surface area contributed by atoms with Gasteiger partial charge < -0.3 is 14.7 Å². The van der Waals surface area contributed by atoms with Gasteiger partial charge in [-0.3, -0.25) is 4.79 Å². The van der Waals surface area contributed by atoms with E-state index in [2.05, 4.69) is 4.72 Å². The van der Waals surface area contributed by atoms with Crippen LogP contribution >= 0.6 is 0 Å². The van der Waals surface area contributed by atoms with E-state index in [4.69, 9.17) is 4.74 Å². The standard InChI is InChI=1S/C16H22N2O5S/c1-2-18-14-9-13(7-8-15(14)23-10-16(18)20)24(21,22)17-11-3-5-12(19)6-4-11/h7-9,11-12,17,19H,2-6,10H2,1H3. The number of amides is 1. The molecule has 0 radical (unpaired) electrons. The van der Waals surface area contributed by atoms with Crippen molar-refractivity contribution in [2.24, 2.45) is 0 Å². The summed E-state index contributed by atoms with van der Waals surface area (Å²) in [6.45, 7) is 2.25. The maximum absolute atomic E-state index is 12.6. The van der Waals surface area contributed by atoms with Gasteiger partial charge in [0.15, 0.2) is 6.61 Å². The number of likely N-dealkylation sites (N-methyl/N-ethyl adjacent to an activating group) is 1. The van der Waals surface area contributed by atoms with Gasteiger partial charge in [-0.1, -0.05) is 0 Å². The summed E-state index contributed by atoms with van der Waals surface area (Å²) in [5.41, 5.74) is 0.482. The lowest BCUT2D eigenvalue weighted by atomic mass is 9.94. The number of aliphatic hydroxyl groups is 1. The van der Waals surface area contributed by atoms with Gasteiger partial charge >= 0.3 is 0 Å².